The van der Waals surface area contributed by atoms with E-state index in [2.05, 4.69) is 0 Å². The molecule has 7 nitrogen and oxygen atoms in total. The zero-order valence-electron chi connectivity index (χ0n) is 11.5. The van der Waals surface area contributed by atoms with Gasteiger partial charge in [0, 0.05) is 18.4 Å². The van der Waals surface area contributed by atoms with Crippen LogP contribution < -0.4 is 5.73 Å². The molecule has 8 heteroatoms. The fourth-order valence-electron chi connectivity index (χ4n) is 2.11. The quantitative estimate of drug-likeness (QED) is 0.803. The van der Waals surface area contributed by atoms with E-state index >= 15 is 0 Å². The van der Waals surface area contributed by atoms with Gasteiger partial charge in [0.25, 0.3) is 5.91 Å². The first-order valence-electron chi connectivity index (χ1n) is 6.29. The fourth-order valence-corrected chi connectivity index (χ4v) is 2.77. The molecular formula is C13H16N2O5S. The maximum atomic E-state index is 12.5. The van der Waals surface area contributed by atoms with Crippen molar-refractivity contribution in [1.29, 1.82) is 0 Å². The van der Waals surface area contributed by atoms with Crippen molar-refractivity contribution in [2.75, 3.05) is 26.0 Å². The van der Waals surface area contributed by atoms with Gasteiger partial charge in [-0.1, -0.05) is 6.07 Å². The lowest BCUT2D eigenvalue weighted by Gasteiger charge is -2.33. The molecule has 1 atom stereocenters. The van der Waals surface area contributed by atoms with Crippen LogP contribution in [-0.2, 0) is 19.4 Å². The number of ether oxygens (including phenoxy) is 1. The second-order valence-electron chi connectivity index (χ2n) is 4.79. The first-order valence-corrected chi connectivity index (χ1v) is 8.18. The van der Waals surface area contributed by atoms with Crippen LogP contribution in [0.2, 0.25) is 0 Å². The maximum Gasteiger partial charge on any atom is 0.254 e. The SMILES string of the molecule is CS(=O)(=O)c1cccc(C(=O)N2CCOCC2C(N)=O)c1. The number of morpholine rings is 1. The summed E-state index contributed by atoms with van der Waals surface area (Å²) in [4.78, 5) is 25.2. The van der Waals surface area contributed by atoms with Gasteiger partial charge in [0.05, 0.1) is 18.1 Å². The molecule has 0 bridgehead atoms. The Morgan fingerprint density at radius 3 is 2.71 bits per heavy atom. The average molecular weight is 312 g/mol. The van der Waals surface area contributed by atoms with Gasteiger partial charge in [0.1, 0.15) is 6.04 Å². The molecule has 0 radical (unpaired) electrons. The topological polar surface area (TPSA) is 107 Å². The van der Waals surface area contributed by atoms with Crippen molar-refractivity contribution >= 4 is 21.7 Å². The predicted molar refractivity (Wildman–Crippen MR) is 74.4 cm³/mol. The second kappa shape index (κ2) is 5.82. The largest absolute Gasteiger partial charge is 0.377 e. The predicted octanol–water partition coefficient (Wildman–Crippen LogP) is -0.584. The molecular weight excluding hydrogens is 296 g/mol. The normalized spacial score (nSPS) is 19.3. The van der Waals surface area contributed by atoms with Gasteiger partial charge in [-0.3, -0.25) is 9.59 Å². The lowest BCUT2D eigenvalue weighted by Crippen LogP contribution is -2.54. The van der Waals surface area contributed by atoms with Crippen LogP contribution in [0, 0.1) is 0 Å². The first kappa shape index (κ1) is 15.5. The molecule has 0 aliphatic carbocycles. The molecule has 1 aromatic carbocycles. The van der Waals surface area contributed by atoms with Crippen LogP contribution in [0.5, 0.6) is 0 Å². The third-order valence-corrected chi connectivity index (χ3v) is 4.34. The van der Waals surface area contributed by atoms with E-state index in [-0.39, 0.29) is 23.6 Å². The number of carbonyl (C=O) groups is 2. The lowest BCUT2D eigenvalue weighted by molar-refractivity contribution is -0.127. The van der Waals surface area contributed by atoms with Crippen molar-refractivity contribution in [2.24, 2.45) is 5.73 Å². The van der Waals surface area contributed by atoms with Crippen LogP contribution in [0.3, 0.4) is 0 Å². The molecule has 1 aromatic rings. The van der Waals surface area contributed by atoms with E-state index in [1.165, 1.54) is 29.2 Å². The summed E-state index contributed by atoms with van der Waals surface area (Å²) in [6.07, 6.45) is 1.07. The van der Waals surface area contributed by atoms with Crippen molar-refractivity contribution in [3.8, 4) is 0 Å². The molecule has 0 aromatic heterocycles. The Bertz CT molecular complexity index is 671. The molecule has 0 saturated carbocycles. The van der Waals surface area contributed by atoms with E-state index in [1.807, 2.05) is 0 Å². The Hall–Kier alpha value is -1.93. The molecule has 2 rings (SSSR count). The summed E-state index contributed by atoms with van der Waals surface area (Å²) < 4.78 is 28.2. The number of rotatable bonds is 3. The molecule has 0 spiro atoms. The Balaban J connectivity index is 2.33. The van der Waals surface area contributed by atoms with Gasteiger partial charge in [-0.05, 0) is 18.2 Å². The van der Waals surface area contributed by atoms with E-state index in [4.69, 9.17) is 10.5 Å². The summed E-state index contributed by atoms with van der Waals surface area (Å²) in [7, 11) is -3.41. The summed E-state index contributed by atoms with van der Waals surface area (Å²) >= 11 is 0. The third-order valence-electron chi connectivity index (χ3n) is 3.23. The van der Waals surface area contributed by atoms with Crippen molar-refractivity contribution < 1.29 is 22.7 Å². The number of benzene rings is 1. The Morgan fingerprint density at radius 2 is 2.10 bits per heavy atom. The van der Waals surface area contributed by atoms with Gasteiger partial charge < -0.3 is 15.4 Å². The van der Waals surface area contributed by atoms with Crippen LogP contribution in [0.15, 0.2) is 29.2 Å². The van der Waals surface area contributed by atoms with Crippen molar-refractivity contribution in [2.45, 2.75) is 10.9 Å². The van der Waals surface area contributed by atoms with Crippen LogP contribution >= 0.6 is 0 Å². The Morgan fingerprint density at radius 1 is 1.38 bits per heavy atom. The molecule has 1 aliphatic heterocycles. The number of hydrogen-bond donors (Lipinski definition) is 1. The fraction of sp³-hybridized carbons (Fsp3) is 0.385. The molecule has 2 N–H and O–H groups in total. The van der Waals surface area contributed by atoms with Crippen LogP contribution in [0.4, 0.5) is 0 Å². The number of carbonyl (C=O) groups excluding carboxylic acids is 2. The van der Waals surface area contributed by atoms with E-state index in [1.54, 1.807) is 0 Å². The molecule has 1 fully saturated rings. The van der Waals surface area contributed by atoms with Crippen molar-refractivity contribution in [1.82, 2.24) is 4.90 Å². The third kappa shape index (κ3) is 3.40. The molecule has 114 valence electrons. The highest BCUT2D eigenvalue weighted by Gasteiger charge is 2.32. The smallest absolute Gasteiger partial charge is 0.254 e. The van der Waals surface area contributed by atoms with Gasteiger partial charge in [0.15, 0.2) is 9.84 Å². The standard InChI is InChI=1S/C13H16N2O5S/c1-21(18,19)10-4-2-3-9(7-10)13(17)15-5-6-20-8-11(15)12(14)16/h2-4,7,11H,5-6,8H2,1H3,(H2,14,16). The second-order valence-corrected chi connectivity index (χ2v) is 6.81. The highest BCUT2D eigenvalue weighted by molar-refractivity contribution is 7.90. The number of amides is 2. The van der Waals surface area contributed by atoms with Crippen molar-refractivity contribution in [3.05, 3.63) is 29.8 Å². The van der Waals surface area contributed by atoms with Crippen LogP contribution in [0.25, 0.3) is 0 Å². The number of nitrogens with two attached hydrogens (primary N) is 1. The van der Waals surface area contributed by atoms with E-state index in [0.717, 1.165) is 6.26 Å². The van der Waals surface area contributed by atoms with E-state index in [9.17, 15) is 18.0 Å². The van der Waals surface area contributed by atoms with Gasteiger partial charge in [-0.2, -0.15) is 0 Å². The number of nitrogens with zero attached hydrogens (tertiary/aromatic N) is 1. The van der Waals surface area contributed by atoms with Gasteiger partial charge in [-0.25, -0.2) is 8.42 Å². The van der Waals surface area contributed by atoms with Crippen molar-refractivity contribution in [3.63, 3.8) is 0 Å². The summed E-state index contributed by atoms with van der Waals surface area (Å²) in [6, 6.07) is 4.86. The summed E-state index contributed by atoms with van der Waals surface area (Å²) in [5, 5.41) is 0. The maximum absolute atomic E-state index is 12.5. The monoisotopic (exact) mass is 312 g/mol. The molecule has 1 heterocycles. The number of sulfone groups is 1. The molecule has 1 unspecified atom stereocenters. The zero-order chi connectivity index (χ0) is 15.6. The summed E-state index contributed by atoms with van der Waals surface area (Å²) in [5.41, 5.74) is 5.46. The molecule has 2 amide bonds. The first-order chi connectivity index (χ1) is 9.80. The minimum absolute atomic E-state index is 0.0485. The molecule has 21 heavy (non-hydrogen) atoms. The van der Waals surface area contributed by atoms with Gasteiger partial charge in [0.2, 0.25) is 5.91 Å². The van der Waals surface area contributed by atoms with E-state index < -0.39 is 27.7 Å². The summed E-state index contributed by atoms with van der Waals surface area (Å²) in [6.45, 7) is 0.587. The van der Waals surface area contributed by atoms with Crippen LogP contribution in [-0.4, -0.2) is 57.2 Å². The van der Waals surface area contributed by atoms with E-state index in [0.29, 0.717) is 6.61 Å². The minimum Gasteiger partial charge on any atom is -0.377 e. The van der Waals surface area contributed by atoms with Crippen LogP contribution in [0.1, 0.15) is 10.4 Å². The van der Waals surface area contributed by atoms with Gasteiger partial charge in [-0.15, -0.1) is 0 Å². The minimum atomic E-state index is -3.41. The Kier molecular flexibility index (Phi) is 4.29. The zero-order valence-corrected chi connectivity index (χ0v) is 12.3. The highest BCUT2D eigenvalue weighted by atomic mass is 32.2. The number of primary amides is 1. The average Bonchev–Trinajstić information content (AvgIpc) is 2.45. The van der Waals surface area contributed by atoms with Gasteiger partial charge >= 0.3 is 0 Å². The molecule has 1 saturated heterocycles. The lowest BCUT2D eigenvalue weighted by atomic mass is 10.1. The molecule has 1 aliphatic rings. The number of hydrogen-bond acceptors (Lipinski definition) is 5. The summed E-state index contributed by atoms with van der Waals surface area (Å²) in [5.74, 6) is -1.09. The Labute approximate surface area is 122 Å². The highest BCUT2D eigenvalue weighted by Crippen LogP contribution is 2.16.